The van der Waals surface area contributed by atoms with Crippen LogP contribution in [0.3, 0.4) is 0 Å². The number of alkyl halides is 3. The Morgan fingerprint density at radius 2 is 1.97 bits per heavy atom. The lowest BCUT2D eigenvalue weighted by Gasteiger charge is -2.07. The van der Waals surface area contributed by atoms with Gasteiger partial charge in [0, 0.05) is 24.2 Å². The van der Waals surface area contributed by atoms with Gasteiger partial charge in [0.25, 0.3) is 5.91 Å². The number of hydrogen-bond donors (Lipinski definition) is 2. The second-order valence-corrected chi connectivity index (χ2v) is 5.77. The van der Waals surface area contributed by atoms with Gasteiger partial charge in [-0.15, -0.1) is 5.10 Å². The second kappa shape index (κ2) is 6.78. The van der Waals surface area contributed by atoms with E-state index in [0.717, 1.165) is 10.7 Å². The van der Waals surface area contributed by atoms with Crippen LogP contribution in [0, 0.1) is 0 Å². The largest absolute Gasteiger partial charge is 0.433 e. The second-order valence-electron chi connectivity index (χ2n) is 5.77. The van der Waals surface area contributed by atoms with E-state index in [2.05, 4.69) is 35.2 Å². The maximum atomic E-state index is 13.2. The number of hydrogen-bond acceptors (Lipinski definition) is 7. The lowest BCUT2D eigenvalue weighted by atomic mass is 10.1. The number of aromatic amines is 1. The third-order valence-corrected chi connectivity index (χ3v) is 3.85. The molecule has 0 bridgehead atoms. The van der Waals surface area contributed by atoms with Crippen LogP contribution in [-0.4, -0.2) is 45.8 Å². The molecule has 10 nitrogen and oxygen atoms in total. The zero-order chi connectivity index (χ0) is 20.6. The number of nitrogens with two attached hydrogens (primary N) is 1. The number of aromatic nitrogens is 8. The van der Waals surface area contributed by atoms with Gasteiger partial charge in [0.1, 0.15) is 23.9 Å². The van der Waals surface area contributed by atoms with Crippen molar-refractivity contribution in [2.45, 2.75) is 6.18 Å². The molecule has 4 aromatic heterocycles. The van der Waals surface area contributed by atoms with Crippen molar-refractivity contribution in [3.8, 4) is 11.4 Å². The molecule has 13 heteroatoms. The molecule has 0 fully saturated rings. The van der Waals surface area contributed by atoms with Crippen LogP contribution in [0.1, 0.15) is 11.3 Å². The molecule has 0 aromatic carbocycles. The van der Waals surface area contributed by atoms with Crippen LogP contribution < -0.4 is 5.73 Å². The fourth-order valence-corrected chi connectivity index (χ4v) is 2.57. The van der Waals surface area contributed by atoms with Gasteiger partial charge >= 0.3 is 6.18 Å². The third kappa shape index (κ3) is 3.52. The predicted octanol–water partition coefficient (Wildman–Crippen LogP) is 1.51. The SMILES string of the molecule is NC(=O)/C(=C/n1cnc(-c2cc(C(F)(F)F)nc3cn[nH]c23)n1)c1cncnc1. The van der Waals surface area contributed by atoms with E-state index in [0.29, 0.717) is 5.56 Å². The smallest absolute Gasteiger partial charge is 0.366 e. The molecule has 4 rings (SSSR count). The monoisotopic (exact) mass is 401 g/mol. The minimum absolute atomic E-state index is 0.0148. The van der Waals surface area contributed by atoms with Crippen molar-refractivity contribution >= 4 is 28.7 Å². The van der Waals surface area contributed by atoms with E-state index < -0.39 is 17.8 Å². The van der Waals surface area contributed by atoms with Gasteiger partial charge in [-0.1, -0.05) is 0 Å². The third-order valence-electron chi connectivity index (χ3n) is 3.85. The van der Waals surface area contributed by atoms with Gasteiger partial charge < -0.3 is 5.73 Å². The van der Waals surface area contributed by atoms with Crippen molar-refractivity contribution in [1.82, 2.24) is 39.9 Å². The standard InChI is InChI=1S/C16H10F3N9O/c17-16(18,19)12-1-9(13-11(25-12)4-24-26-13)15-23-7-28(27-15)5-10(14(20)29)8-2-21-6-22-3-8/h1-7H,(H2,20,29)(H,24,26)/b10-5+. The van der Waals surface area contributed by atoms with Crippen molar-refractivity contribution < 1.29 is 18.0 Å². The first-order valence-electron chi connectivity index (χ1n) is 7.93. The summed E-state index contributed by atoms with van der Waals surface area (Å²) in [5, 5.41) is 10.4. The molecule has 3 N–H and O–H groups in total. The van der Waals surface area contributed by atoms with Crippen LogP contribution in [-0.2, 0) is 11.0 Å². The Hall–Kier alpha value is -4.16. The Bertz CT molecular complexity index is 1230. The molecular weight excluding hydrogens is 391 g/mol. The minimum atomic E-state index is -4.66. The molecule has 1 amide bonds. The van der Waals surface area contributed by atoms with E-state index in [9.17, 15) is 18.0 Å². The van der Waals surface area contributed by atoms with Crippen LogP contribution in [0.5, 0.6) is 0 Å². The highest BCUT2D eigenvalue weighted by atomic mass is 19.4. The van der Waals surface area contributed by atoms with Gasteiger partial charge in [-0.05, 0) is 6.07 Å². The summed E-state index contributed by atoms with van der Waals surface area (Å²) in [6, 6.07) is 0.823. The highest BCUT2D eigenvalue weighted by Crippen LogP contribution is 2.33. The number of amides is 1. The van der Waals surface area contributed by atoms with Gasteiger partial charge in [-0.25, -0.2) is 24.6 Å². The van der Waals surface area contributed by atoms with Gasteiger partial charge in [0.05, 0.1) is 22.9 Å². The van der Waals surface area contributed by atoms with Crippen molar-refractivity contribution in [3.05, 3.63) is 48.6 Å². The van der Waals surface area contributed by atoms with E-state index in [-0.39, 0.29) is 28.0 Å². The fraction of sp³-hybridized carbons (Fsp3) is 0.0625. The van der Waals surface area contributed by atoms with Gasteiger partial charge in [0.2, 0.25) is 0 Å². The highest BCUT2D eigenvalue weighted by Gasteiger charge is 2.34. The molecule has 4 aromatic rings. The number of fused-ring (bicyclic) bond motifs is 1. The summed E-state index contributed by atoms with van der Waals surface area (Å²) in [7, 11) is 0. The van der Waals surface area contributed by atoms with Crippen molar-refractivity contribution in [3.63, 3.8) is 0 Å². The van der Waals surface area contributed by atoms with Crippen molar-refractivity contribution in [2.24, 2.45) is 5.73 Å². The number of carbonyl (C=O) groups is 1. The highest BCUT2D eigenvalue weighted by molar-refractivity contribution is 6.22. The Balaban J connectivity index is 1.80. The molecule has 0 aliphatic carbocycles. The summed E-state index contributed by atoms with van der Waals surface area (Å²) in [5.74, 6) is -0.799. The number of H-pyrrole nitrogens is 1. The van der Waals surface area contributed by atoms with E-state index in [1.807, 2.05) is 0 Å². The van der Waals surface area contributed by atoms with Crippen molar-refractivity contribution in [2.75, 3.05) is 0 Å². The lowest BCUT2D eigenvalue weighted by Crippen LogP contribution is -2.14. The molecule has 0 aliphatic heterocycles. The Morgan fingerprint density at radius 1 is 1.21 bits per heavy atom. The maximum Gasteiger partial charge on any atom is 0.433 e. The van der Waals surface area contributed by atoms with Gasteiger partial charge in [-0.3, -0.25) is 9.89 Å². The predicted molar refractivity (Wildman–Crippen MR) is 93.3 cm³/mol. The molecule has 146 valence electrons. The van der Waals surface area contributed by atoms with Crippen LogP contribution in [0.15, 0.2) is 37.3 Å². The van der Waals surface area contributed by atoms with Crippen LogP contribution >= 0.6 is 0 Å². The average molecular weight is 401 g/mol. The summed E-state index contributed by atoms with van der Waals surface area (Å²) in [6.45, 7) is 0. The average Bonchev–Trinajstić information content (AvgIpc) is 3.34. The Morgan fingerprint density at radius 3 is 2.66 bits per heavy atom. The number of nitrogens with one attached hydrogen (secondary N) is 1. The normalized spacial score (nSPS) is 12.4. The number of rotatable bonds is 4. The minimum Gasteiger partial charge on any atom is -0.366 e. The number of pyridine rings is 1. The molecule has 0 aliphatic rings. The molecule has 0 atom stereocenters. The Labute approximate surface area is 159 Å². The zero-order valence-corrected chi connectivity index (χ0v) is 14.3. The van der Waals surface area contributed by atoms with Gasteiger partial charge in [0.15, 0.2) is 5.82 Å². The maximum absolute atomic E-state index is 13.2. The number of primary amides is 1. The molecule has 29 heavy (non-hydrogen) atoms. The fourth-order valence-electron chi connectivity index (χ4n) is 2.57. The number of carbonyl (C=O) groups excluding carboxylic acids is 1. The summed E-state index contributed by atoms with van der Waals surface area (Å²) in [5.41, 5.74) is 4.98. The van der Waals surface area contributed by atoms with E-state index in [1.165, 1.54) is 37.4 Å². The first-order valence-corrected chi connectivity index (χ1v) is 7.93. The van der Waals surface area contributed by atoms with E-state index in [1.54, 1.807) is 0 Å². The van der Waals surface area contributed by atoms with E-state index >= 15 is 0 Å². The molecule has 0 unspecified atom stereocenters. The van der Waals surface area contributed by atoms with Gasteiger partial charge in [-0.2, -0.15) is 18.3 Å². The van der Waals surface area contributed by atoms with Crippen LogP contribution in [0.4, 0.5) is 13.2 Å². The first kappa shape index (κ1) is 18.2. The number of halogens is 3. The summed E-state index contributed by atoms with van der Waals surface area (Å²) in [6.07, 6.45) is 3.06. The summed E-state index contributed by atoms with van der Waals surface area (Å²) < 4.78 is 40.6. The molecule has 4 heterocycles. The first-order chi connectivity index (χ1) is 13.8. The quantitative estimate of drug-likeness (QED) is 0.494. The van der Waals surface area contributed by atoms with Crippen LogP contribution in [0.2, 0.25) is 0 Å². The zero-order valence-electron chi connectivity index (χ0n) is 14.3. The molecule has 0 saturated carbocycles. The molecule has 0 saturated heterocycles. The molecule has 0 spiro atoms. The lowest BCUT2D eigenvalue weighted by molar-refractivity contribution is -0.140. The Kier molecular flexibility index (Phi) is 4.26. The molecular formula is C16H10F3N9O. The summed E-state index contributed by atoms with van der Waals surface area (Å²) in [4.78, 5) is 27.0. The summed E-state index contributed by atoms with van der Waals surface area (Å²) >= 11 is 0. The molecule has 0 radical (unpaired) electrons. The number of nitrogens with zero attached hydrogens (tertiary/aromatic N) is 7. The topological polar surface area (TPSA) is 141 Å². The van der Waals surface area contributed by atoms with Crippen LogP contribution in [0.25, 0.3) is 34.2 Å². The van der Waals surface area contributed by atoms with E-state index in [4.69, 9.17) is 5.73 Å². The van der Waals surface area contributed by atoms with Crippen molar-refractivity contribution in [1.29, 1.82) is 0 Å².